The largest absolute Gasteiger partial charge is 0.493 e. The van der Waals surface area contributed by atoms with Crippen molar-refractivity contribution >= 4 is 34.7 Å². The Bertz CT molecular complexity index is 1310. The maximum Gasteiger partial charge on any atom is 0.255 e. The minimum atomic E-state index is -0.223. The number of rotatable bonds is 9. The number of para-hydroxylation sites is 2. The highest BCUT2D eigenvalue weighted by Gasteiger charge is 2.09. The van der Waals surface area contributed by atoms with Crippen molar-refractivity contribution in [3.63, 3.8) is 0 Å². The summed E-state index contributed by atoms with van der Waals surface area (Å²) >= 11 is 0. The molecular formula is C26H26N6O3. The van der Waals surface area contributed by atoms with Crippen LogP contribution in [0.4, 0.5) is 28.8 Å². The van der Waals surface area contributed by atoms with Crippen molar-refractivity contribution in [1.29, 1.82) is 0 Å². The van der Waals surface area contributed by atoms with E-state index in [0.717, 1.165) is 11.3 Å². The molecule has 4 rings (SSSR count). The van der Waals surface area contributed by atoms with Crippen LogP contribution in [0.2, 0.25) is 0 Å². The maximum atomic E-state index is 12.5. The zero-order valence-corrected chi connectivity index (χ0v) is 19.4. The zero-order chi connectivity index (χ0) is 24.6. The number of benzene rings is 3. The second kappa shape index (κ2) is 10.9. The van der Waals surface area contributed by atoms with Gasteiger partial charge in [-0.3, -0.25) is 4.79 Å². The molecule has 0 fully saturated rings. The van der Waals surface area contributed by atoms with Crippen molar-refractivity contribution in [2.75, 3.05) is 35.9 Å². The minimum Gasteiger partial charge on any atom is -0.493 e. The first-order valence-corrected chi connectivity index (χ1v) is 10.9. The minimum absolute atomic E-state index is 0.223. The third-order valence-corrected chi connectivity index (χ3v) is 5.19. The molecule has 0 radical (unpaired) electrons. The Morgan fingerprint density at radius 1 is 0.943 bits per heavy atom. The van der Waals surface area contributed by atoms with Crippen molar-refractivity contribution in [2.45, 2.75) is 6.54 Å². The summed E-state index contributed by atoms with van der Waals surface area (Å²) in [4.78, 5) is 21.3. The van der Waals surface area contributed by atoms with Crippen LogP contribution in [0, 0.1) is 0 Å². The lowest BCUT2D eigenvalue weighted by molar-refractivity contribution is 0.102. The molecule has 3 aromatic carbocycles. The molecule has 0 atom stereocenters. The van der Waals surface area contributed by atoms with Gasteiger partial charge < -0.3 is 31.2 Å². The van der Waals surface area contributed by atoms with Crippen LogP contribution in [0.5, 0.6) is 11.5 Å². The summed E-state index contributed by atoms with van der Waals surface area (Å²) in [6, 6.07) is 21.7. The molecule has 5 N–H and O–H groups in total. The number of ether oxygens (including phenoxy) is 2. The number of nitrogens with one attached hydrogen (secondary N) is 3. The van der Waals surface area contributed by atoms with Crippen molar-refractivity contribution in [2.24, 2.45) is 0 Å². The number of hydrogen-bond acceptors (Lipinski definition) is 8. The van der Waals surface area contributed by atoms with E-state index < -0.39 is 0 Å². The lowest BCUT2D eigenvalue weighted by atomic mass is 10.1. The van der Waals surface area contributed by atoms with E-state index in [0.29, 0.717) is 46.7 Å². The Kier molecular flexibility index (Phi) is 7.27. The number of nitrogens with zero attached hydrogens (tertiary/aromatic N) is 2. The first kappa shape index (κ1) is 23.4. The lowest BCUT2D eigenvalue weighted by Gasteiger charge is -2.12. The van der Waals surface area contributed by atoms with Gasteiger partial charge in [-0.2, -0.15) is 4.98 Å². The standard InChI is InChI=1S/C26H26N6O3/c1-34-22-12-11-19(15-23(22)35-2)30-24-13-14-28-26(32-24)29-16-17-7-9-18(10-8-17)25(33)31-21-6-4-3-5-20(21)27/h3-15H,16,27H2,1-2H3,(H,31,33)(H2,28,29,30,32). The van der Waals surface area contributed by atoms with Crippen molar-refractivity contribution in [3.05, 3.63) is 90.1 Å². The van der Waals surface area contributed by atoms with Crippen LogP contribution < -0.4 is 31.2 Å². The molecule has 0 spiro atoms. The molecule has 0 unspecified atom stereocenters. The molecule has 1 aromatic heterocycles. The van der Waals surface area contributed by atoms with Crippen LogP contribution in [0.25, 0.3) is 0 Å². The summed E-state index contributed by atoms with van der Waals surface area (Å²) in [5.41, 5.74) is 9.31. The van der Waals surface area contributed by atoms with E-state index in [1.165, 1.54) is 0 Å². The first-order chi connectivity index (χ1) is 17.1. The van der Waals surface area contributed by atoms with E-state index in [1.807, 2.05) is 42.5 Å². The monoisotopic (exact) mass is 470 g/mol. The van der Waals surface area contributed by atoms with Gasteiger partial charge in [-0.05, 0) is 48.0 Å². The van der Waals surface area contributed by atoms with Gasteiger partial charge in [0.25, 0.3) is 5.91 Å². The molecule has 0 saturated carbocycles. The second-order valence-corrected chi connectivity index (χ2v) is 7.55. The molecule has 0 aliphatic carbocycles. The fraction of sp³-hybridized carbons (Fsp3) is 0.115. The zero-order valence-electron chi connectivity index (χ0n) is 19.4. The van der Waals surface area contributed by atoms with Gasteiger partial charge in [0.15, 0.2) is 11.5 Å². The number of nitrogens with two attached hydrogens (primary N) is 1. The Morgan fingerprint density at radius 2 is 1.71 bits per heavy atom. The summed E-state index contributed by atoms with van der Waals surface area (Å²) in [7, 11) is 3.18. The number of amides is 1. The molecule has 178 valence electrons. The third kappa shape index (κ3) is 5.97. The molecule has 0 bridgehead atoms. The molecule has 4 aromatic rings. The number of aromatic nitrogens is 2. The molecular weight excluding hydrogens is 444 g/mol. The number of carbonyl (C=O) groups excluding carboxylic acids is 1. The average molecular weight is 471 g/mol. The smallest absolute Gasteiger partial charge is 0.255 e. The fourth-order valence-corrected chi connectivity index (χ4v) is 3.34. The highest BCUT2D eigenvalue weighted by atomic mass is 16.5. The van der Waals surface area contributed by atoms with Crippen LogP contribution in [-0.2, 0) is 6.54 Å². The van der Waals surface area contributed by atoms with Gasteiger partial charge >= 0.3 is 0 Å². The van der Waals surface area contributed by atoms with Gasteiger partial charge in [-0.25, -0.2) is 4.98 Å². The number of methoxy groups -OCH3 is 2. The van der Waals surface area contributed by atoms with Gasteiger partial charge in [0.2, 0.25) is 5.95 Å². The van der Waals surface area contributed by atoms with E-state index in [2.05, 4.69) is 25.9 Å². The number of nitrogen functional groups attached to an aromatic ring is 1. The number of hydrogen-bond donors (Lipinski definition) is 4. The predicted molar refractivity (Wildman–Crippen MR) is 137 cm³/mol. The predicted octanol–water partition coefficient (Wildman–Crippen LogP) is 4.68. The van der Waals surface area contributed by atoms with Crippen LogP contribution in [-0.4, -0.2) is 30.1 Å². The van der Waals surface area contributed by atoms with E-state index in [4.69, 9.17) is 15.2 Å². The Labute approximate surface area is 203 Å². The lowest BCUT2D eigenvalue weighted by Crippen LogP contribution is -2.13. The Hall–Kier alpha value is -4.79. The number of carbonyl (C=O) groups is 1. The summed E-state index contributed by atoms with van der Waals surface area (Å²) in [5.74, 6) is 2.14. The summed E-state index contributed by atoms with van der Waals surface area (Å²) in [6.45, 7) is 0.493. The van der Waals surface area contributed by atoms with Crippen molar-refractivity contribution < 1.29 is 14.3 Å². The average Bonchev–Trinajstić information content (AvgIpc) is 2.89. The van der Waals surface area contributed by atoms with Crippen LogP contribution in [0.1, 0.15) is 15.9 Å². The van der Waals surface area contributed by atoms with E-state index in [9.17, 15) is 4.79 Å². The molecule has 1 heterocycles. The van der Waals surface area contributed by atoms with Crippen LogP contribution in [0.3, 0.4) is 0 Å². The van der Waals surface area contributed by atoms with Gasteiger partial charge in [0, 0.05) is 30.1 Å². The normalized spacial score (nSPS) is 10.3. The summed E-state index contributed by atoms with van der Waals surface area (Å²) in [6.07, 6.45) is 1.67. The summed E-state index contributed by atoms with van der Waals surface area (Å²) < 4.78 is 10.6. The van der Waals surface area contributed by atoms with Crippen molar-refractivity contribution in [1.82, 2.24) is 9.97 Å². The topological polar surface area (TPSA) is 123 Å². The Morgan fingerprint density at radius 3 is 2.46 bits per heavy atom. The molecule has 1 amide bonds. The van der Waals surface area contributed by atoms with Crippen molar-refractivity contribution in [3.8, 4) is 11.5 Å². The van der Waals surface area contributed by atoms with E-state index in [1.54, 1.807) is 50.7 Å². The third-order valence-electron chi connectivity index (χ3n) is 5.19. The van der Waals surface area contributed by atoms with Crippen LogP contribution in [0.15, 0.2) is 79.0 Å². The highest BCUT2D eigenvalue weighted by molar-refractivity contribution is 6.05. The van der Waals surface area contributed by atoms with E-state index >= 15 is 0 Å². The summed E-state index contributed by atoms with van der Waals surface area (Å²) in [5, 5.41) is 9.25. The molecule has 0 aliphatic rings. The highest BCUT2D eigenvalue weighted by Crippen LogP contribution is 2.30. The molecule has 0 aliphatic heterocycles. The maximum absolute atomic E-state index is 12.5. The molecule has 9 nitrogen and oxygen atoms in total. The molecule has 9 heteroatoms. The van der Waals surface area contributed by atoms with Gasteiger partial charge in [-0.15, -0.1) is 0 Å². The quantitative estimate of drug-likeness (QED) is 0.260. The fourth-order valence-electron chi connectivity index (χ4n) is 3.34. The Balaban J connectivity index is 1.35. The van der Waals surface area contributed by atoms with E-state index in [-0.39, 0.29) is 5.91 Å². The van der Waals surface area contributed by atoms with Gasteiger partial charge in [0.1, 0.15) is 5.82 Å². The number of anilines is 5. The SMILES string of the molecule is COc1ccc(Nc2ccnc(NCc3ccc(C(=O)Nc4ccccc4N)cc3)n2)cc1OC. The second-order valence-electron chi connectivity index (χ2n) is 7.55. The van der Waals surface area contributed by atoms with Gasteiger partial charge in [-0.1, -0.05) is 24.3 Å². The first-order valence-electron chi connectivity index (χ1n) is 10.9. The molecule has 0 saturated heterocycles. The van der Waals surface area contributed by atoms with Gasteiger partial charge in [0.05, 0.1) is 25.6 Å². The molecule has 35 heavy (non-hydrogen) atoms. The van der Waals surface area contributed by atoms with Crippen LogP contribution >= 0.6 is 0 Å².